The maximum absolute atomic E-state index is 12.3. The average molecular weight is 424 g/mol. The number of amides is 1. The second-order valence-corrected chi connectivity index (χ2v) is 6.89. The van der Waals surface area contributed by atoms with E-state index in [1.54, 1.807) is 0 Å². The van der Waals surface area contributed by atoms with Gasteiger partial charge in [0.25, 0.3) is 5.69 Å². The van der Waals surface area contributed by atoms with Gasteiger partial charge in [-0.15, -0.1) is 0 Å². The summed E-state index contributed by atoms with van der Waals surface area (Å²) in [7, 11) is 0. The summed E-state index contributed by atoms with van der Waals surface area (Å²) in [5, 5.41) is 26.9. The van der Waals surface area contributed by atoms with Gasteiger partial charge < -0.3 is 15.2 Å². The normalized spacial score (nSPS) is 10.5. The Morgan fingerprint density at radius 3 is 2.68 bits per heavy atom. The summed E-state index contributed by atoms with van der Waals surface area (Å²) >= 11 is 0. The molecule has 1 heterocycles. The molecule has 3 aromatic rings. The third kappa shape index (κ3) is 5.44. The Morgan fingerprint density at radius 1 is 1.19 bits per heavy atom. The fourth-order valence-corrected chi connectivity index (χ4v) is 2.89. The number of nitrogens with one attached hydrogen (secondary N) is 1. The fraction of sp³-hybridized carbons (Fsp3) is 0.190. The standard InChI is InChI=1S/C21H20N4O6/c1-13-3-4-14(2)19(9-13)31-17-11-15(10-16(12-17)25(29)30)23-20(26)6-8-24-18(21(27)28)5-7-22-24/h3-5,7,9-12H,6,8H2,1-2H3,(H,23,26)(H,27,28). The third-order valence-electron chi connectivity index (χ3n) is 4.44. The van der Waals surface area contributed by atoms with E-state index in [-0.39, 0.29) is 35.8 Å². The summed E-state index contributed by atoms with van der Waals surface area (Å²) in [4.78, 5) is 34.2. The van der Waals surface area contributed by atoms with Gasteiger partial charge in [-0.2, -0.15) is 5.10 Å². The molecule has 1 aromatic heterocycles. The van der Waals surface area contributed by atoms with E-state index in [0.29, 0.717) is 5.75 Å². The Labute approximate surface area is 177 Å². The predicted octanol–water partition coefficient (Wildman–Crippen LogP) is 3.93. The van der Waals surface area contributed by atoms with Crippen LogP contribution in [0.1, 0.15) is 28.0 Å². The van der Waals surface area contributed by atoms with Crippen molar-refractivity contribution in [2.75, 3.05) is 5.32 Å². The number of carbonyl (C=O) groups is 2. The van der Waals surface area contributed by atoms with Crippen LogP contribution in [-0.2, 0) is 11.3 Å². The summed E-state index contributed by atoms with van der Waals surface area (Å²) in [6.07, 6.45) is 1.26. The first-order valence-corrected chi connectivity index (χ1v) is 9.32. The van der Waals surface area contributed by atoms with Gasteiger partial charge in [-0.3, -0.25) is 19.6 Å². The minimum atomic E-state index is -1.15. The van der Waals surface area contributed by atoms with Gasteiger partial charge in [-0.05, 0) is 37.1 Å². The average Bonchev–Trinajstić information content (AvgIpc) is 3.18. The van der Waals surface area contributed by atoms with Crippen LogP contribution in [-0.4, -0.2) is 31.7 Å². The molecule has 0 aliphatic carbocycles. The number of carboxylic acids is 1. The van der Waals surface area contributed by atoms with Crippen molar-refractivity contribution in [2.45, 2.75) is 26.8 Å². The van der Waals surface area contributed by atoms with Crippen LogP contribution in [0.2, 0.25) is 0 Å². The van der Waals surface area contributed by atoms with Crippen molar-refractivity contribution in [1.29, 1.82) is 0 Å². The maximum Gasteiger partial charge on any atom is 0.354 e. The first kappa shape index (κ1) is 21.5. The number of rotatable bonds is 8. The van der Waals surface area contributed by atoms with Crippen LogP contribution in [0.25, 0.3) is 0 Å². The maximum atomic E-state index is 12.3. The number of carbonyl (C=O) groups excluding carboxylic acids is 1. The van der Waals surface area contributed by atoms with Crippen molar-refractivity contribution >= 4 is 23.3 Å². The Balaban J connectivity index is 1.76. The van der Waals surface area contributed by atoms with Crippen molar-refractivity contribution in [3.8, 4) is 11.5 Å². The fourth-order valence-electron chi connectivity index (χ4n) is 2.89. The van der Waals surface area contributed by atoms with E-state index in [1.807, 2.05) is 32.0 Å². The smallest absolute Gasteiger partial charge is 0.354 e. The number of aromatic carboxylic acids is 1. The van der Waals surface area contributed by atoms with Crippen LogP contribution in [0.3, 0.4) is 0 Å². The van der Waals surface area contributed by atoms with Crippen LogP contribution in [0.4, 0.5) is 11.4 Å². The zero-order chi connectivity index (χ0) is 22.5. The van der Waals surface area contributed by atoms with E-state index in [4.69, 9.17) is 9.84 Å². The summed E-state index contributed by atoms with van der Waals surface area (Å²) < 4.78 is 7.03. The number of benzene rings is 2. The summed E-state index contributed by atoms with van der Waals surface area (Å²) in [5.41, 5.74) is 1.75. The van der Waals surface area contributed by atoms with E-state index in [1.165, 1.54) is 35.1 Å². The van der Waals surface area contributed by atoms with Crippen molar-refractivity contribution in [1.82, 2.24) is 9.78 Å². The highest BCUT2D eigenvalue weighted by atomic mass is 16.6. The molecule has 0 aliphatic rings. The molecule has 0 spiro atoms. The highest BCUT2D eigenvalue weighted by molar-refractivity contribution is 5.91. The number of aromatic nitrogens is 2. The second-order valence-electron chi connectivity index (χ2n) is 6.89. The molecule has 10 heteroatoms. The molecular weight excluding hydrogens is 404 g/mol. The topological polar surface area (TPSA) is 137 Å². The Bertz CT molecular complexity index is 1150. The molecular formula is C21H20N4O6. The van der Waals surface area contributed by atoms with Crippen LogP contribution < -0.4 is 10.1 Å². The number of aryl methyl sites for hydroxylation is 3. The predicted molar refractivity (Wildman–Crippen MR) is 112 cm³/mol. The molecule has 160 valence electrons. The minimum Gasteiger partial charge on any atom is -0.477 e. The molecule has 0 bridgehead atoms. The molecule has 3 rings (SSSR count). The highest BCUT2D eigenvalue weighted by Gasteiger charge is 2.15. The monoisotopic (exact) mass is 424 g/mol. The first-order valence-electron chi connectivity index (χ1n) is 9.32. The molecule has 0 radical (unpaired) electrons. The zero-order valence-corrected chi connectivity index (χ0v) is 16.9. The van der Waals surface area contributed by atoms with Crippen molar-refractivity contribution in [3.63, 3.8) is 0 Å². The Kier molecular flexibility index (Phi) is 6.29. The van der Waals surface area contributed by atoms with E-state index in [0.717, 1.165) is 11.1 Å². The molecule has 0 atom stereocenters. The lowest BCUT2D eigenvalue weighted by atomic mass is 10.1. The summed E-state index contributed by atoms with van der Waals surface area (Å²) in [6, 6.07) is 10.9. The number of ether oxygens (including phenoxy) is 1. The molecule has 2 aromatic carbocycles. The molecule has 0 saturated heterocycles. The number of nitro benzene ring substituents is 1. The number of hydrogen-bond donors (Lipinski definition) is 2. The number of carboxylic acid groups (broad SMARTS) is 1. The van der Waals surface area contributed by atoms with Gasteiger partial charge in [0, 0.05) is 24.8 Å². The van der Waals surface area contributed by atoms with Crippen LogP contribution in [0, 0.1) is 24.0 Å². The molecule has 31 heavy (non-hydrogen) atoms. The quantitative estimate of drug-likeness (QED) is 0.413. The third-order valence-corrected chi connectivity index (χ3v) is 4.44. The van der Waals surface area contributed by atoms with E-state index < -0.39 is 16.8 Å². The molecule has 10 nitrogen and oxygen atoms in total. The van der Waals surface area contributed by atoms with Gasteiger partial charge in [0.05, 0.1) is 23.2 Å². The molecule has 0 aliphatic heterocycles. The van der Waals surface area contributed by atoms with Crippen LogP contribution in [0.5, 0.6) is 11.5 Å². The van der Waals surface area contributed by atoms with Gasteiger partial charge >= 0.3 is 5.97 Å². The van der Waals surface area contributed by atoms with Crippen molar-refractivity contribution < 1.29 is 24.4 Å². The lowest BCUT2D eigenvalue weighted by Gasteiger charge is -2.12. The van der Waals surface area contributed by atoms with E-state index in [2.05, 4.69) is 10.4 Å². The number of nitrogens with zero attached hydrogens (tertiary/aromatic N) is 3. The molecule has 0 unspecified atom stereocenters. The first-order chi connectivity index (χ1) is 14.7. The molecule has 0 saturated carbocycles. The largest absolute Gasteiger partial charge is 0.477 e. The van der Waals surface area contributed by atoms with E-state index >= 15 is 0 Å². The zero-order valence-electron chi connectivity index (χ0n) is 16.9. The van der Waals surface area contributed by atoms with Gasteiger partial charge in [0.1, 0.15) is 17.2 Å². The summed E-state index contributed by atoms with van der Waals surface area (Å²) in [5.74, 6) is -0.842. The van der Waals surface area contributed by atoms with Gasteiger partial charge in [-0.1, -0.05) is 12.1 Å². The van der Waals surface area contributed by atoms with Crippen molar-refractivity contribution in [3.05, 3.63) is 75.6 Å². The number of anilines is 1. The van der Waals surface area contributed by atoms with Crippen LogP contribution in [0.15, 0.2) is 48.7 Å². The Morgan fingerprint density at radius 2 is 1.97 bits per heavy atom. The number of non-ortho nitro benzene ring substituents is 1. The summed E-state index contributed by atoms with van der Waals surface area (Å²) in [6.45, 7) is 3.80. The molecule has 0 fully saturated rings. The minimum absolute atomic E-state index is 0.0349. The SMILES string of the molecule is Cc1ccc(C)c(Oc2cc(NC(=O)CCn3nccc3C(=O)O)cc([N+](=O)[O-])c2)c1. The van der Waals surface area contributed by atoms with Gasteiger partial charge in [0.15, 0.2) is 0 Å². The highest BCUT2D eigenvalue weighted by Crippen LogP contribution is 2.31. The number of hydrogen-bond acceptors (Lipinski definition) is 6. The molecule has 2 N–H and O–H groups in total. The Hall–Kier alpha value is -4.21. The molecule has 1 amide bonds. The number of nitro groups is 1. The lowest BCUT2D eigenvalue weighted by molar-refractivity contribution is -0.384. The lowest BCUT2D eigenvalue weighted by Crippen LogP contribution is -2.17. The van der Waals surface area contributed by atoms with Crippen LogP contribution >= 0.6 is 0 Å². The van der Waals surface area contributed by atoms with E-state index in [9.17, 15) is 19.7 Å². The van der Waals surface area contributed by atoms with Crippen molar-refractivity contribution in [2.24, 2.45) is 0 Å². The van der Waals surface area contributed by atoms with Gasteiger partial charge in [0.2, 0.25) is 5.91 Å². The van der Waals surface area contributed by atoms with Gasteiger partial charge in [-0.25, -0.2) is 4.79 Å². The second kappa shape index (κ2) is 9.08.